The van der Waals surface area contributed by atoms with Gasteiger partial charge in [-0.2, -0.15) is 0 Å². The molecule has 0 aliphatic heterocycles. The fraction of sp³-hybridized carbons (Fsp3) is 0. The number of rotatable bonds is 6. The Hall–Kier alpha value is -1.02. The SMILES string of the molecule is Clc1ccc(Oc2cc(Br)c(Cl)cc2Oc2cc(Cl)c(Br)cc2Oc2ccc(Cl)cc2Cl)c(Cl)c1. The maximum atomic E-state index is 6.35. The predicted molar refractivity (Wildman–Crippen MR) is 151 cm³/mol. The Morgan fingerprint density at radius 1 is 0.400 bits per heavy atom. The van der Waals surface area contributed by atoms with Gasteiger partial charge in [-0.25, -0.2) is 0 Å². The minimum atomic E-state index is 0.273. The molecular weight excluding hydrogens is 709 g/mol. The number of halogens is 8. The second-order valence-electron chi connectivity index (χ2n) is 6.88. The van der Waals surface area contributed by atoms with Crippen molar-refractivity contribution < 1.29 is 14.2 Å². The normalized spacial score (nSPS) is 10.9. The summed E-state index contributed by atoms with van der Waals surface area (Å²) in [7, 11) is 0. The van der Waals surface area contributed by atoms with E-state index in [1.54, 1.807) is 60.7 Å². The first kappa shape index (κ1) is 27.0. The van der Waals surface area contributed by atoms with Crippen molar-refractivity contribution in [2.24, 2.45) is 0 Å². The lowest BCUT2D eigenvalue weighted by molar-refractivity contribution is 0.394. The maximum Gasteiger partial charge on any atom is 0.171 e. The Kier molecular flexibility index (Phi) is 8.94. The molecule has 180 valence electrons. The Morgan fingerprint density at radius 3 is 1.11 bits per heavy atom. The smallest absolute Gasteiger partial charge is 0.171 e. The summed E-state index contributed by atoms with van der Waals surface area (Å²) < 4.78 is 19.4. The van der Waals surface area contributed by atoms with Gasteiger partial charge in [0.25, 0.3) is 0 Å². The molecule has 0 amide bonds. The van der Waals surface area contributed by atoms with Crippen molar-refractivity contribution in [2.45, 2.75) is 0 Å². The summed E-state index contributed by atoms with van der Waals surface area (Å²) in [6, 6.07) is 16.2. The van der Waals surface area contributed by atoms with E-state index in [0.29, 0.717) is 62.1 Å². The second kappa shape index (κ2) is 11.6. The fourth-order valence-electron chi connectivity index (χ4n) is 2.81. The van der Waals surface area contributed by atoms with Crippen molar-refractivity contribution in [2.75, 3.05) is 0 Å². The summed E-state index contributed by atoms with van der Waals surface area (Å²) in [5, 5.41) is 2.37. The van der Waals surface area contributed by atoms with Gasteiger partial charge >= 0.3 is 0 Å². The second-order valence-corrected chi connectivity index (χ2v) is 11.1. The van der Waals surface area contributed by atoms with Crippen LogP contribution >= 0.6 is 101 Å². The summed E-state index contributed by atoms with van der Waals surface area (Å²) in [5.41, 5.74) is 0. The Labute approximate surface area is 247 Å². The lowest BCUT2D eigenvalue weighted by Crippen LogP contribution is -1.95. The zero-order valence-electron chi connectivity index (χ0n) is 17.0. The van der Waals surface area contributed by atoms with Crippen LogP contribution < -0.4 is 14.2 Å². The van der Waals surface area contributed by atoms with Gasteiger partial charge in [0, 0.05) is 43.3 Å². The van der Waals surface area contributed by atoms with Gasteiger partial charge in [0.15, 0.2) is 23.0 Å². The van der Waals surface area contributed by atoms with Crippen LogP contribution in [0.15, 0.2) is 69.6 Å². The Bertz CT molecular complexity index is 1320. The monoisotopic (exact) mass is 714 g/mol. The summed E-state index contributed by atoms with van der Waals surface area (Å²) in [6.45, 7) is 0. The van der Waals surface area contributed by atoms with E-state index in [0.717, 1.165) is 0 Å². The molecule has 0 saturated heterocycles. The van der Waals surface area contributed by atoms with Gasteiger partial charge in [0.1, 0.15) is 11.5 Å². The molecule has 35 heavy (non-hydrogen) atoms. The van der Waals surface area contributed by atoms with E-state index in [9.17, 15) is 0 Å². The van der Waals surface area contributed by atoms with Gasteiger partial charge in [-0.3, -0.25) is 0 Å². The third-order valence-electron chi connectivity index (χ3n) is 4.42. The molecule has 0 heterocycles. The van der Waals surface area contributed by atoms with Crippen LogP contribution in [0.1, 0.15) is 0 Å². The molecule has 0 aliphatic carbocycles. The fourth-order valence-corrected chi connectivity index (χ4v) is 4.66. The van der Waals surface area contributed by atoms with Crippen molar-refractivity contribution in [3.05, 3.63) is 99.7 Å². The molecule has 0 radical (unpaired) electrons. The zero-order chi connectivity index (χ0) is 25.3. The molecule has 0 atom stereocenters. The van der Waals surface area contributed by atoms with Crippen molar-refractivity contribution in [3.63, 3.8) is 0 Å². The maximum absolute atomic E-state index is 6.35. The van der Waals surface area contributed by atoms with Crippen molar-refractivity contribution in [3.8, 4) is 34.5 Å². The zero-order valence-corrected chi connectivity index (χ0v) is 24.7. The topological polar surface area (TPSA) is 27.7 Å². The largest absolute Gasteiger partial charge is 0.452 e. The summed E-state index contributed by atoms with van der Waals surface area (Å²) in [5.74, 6) is 1.92. The first-order valence-corrected chi connectivity index (χ1v) is 13.4. The third kappa shape index (κ3) is 6.65. The summed E-state index contributed by atoms with van der Waals surface area (Å²) in [4.78, 5) is 0. The number of ether oxygens (including phenoxy) is 3. The van der Waals surface area contributed by atoms with E-state index in [4.69, 9.17) is 83.8 Å². The third-order valence-corrected chi connectivity index (χ3v) is 7.88. The van der Waals surface area contributed by atoms with E-state index in [1.165, 1.54) is 0 Å². The molecular formula is C24H10Br2Cl6O3. The Balaban J connectivity index is 1.75. The van der Waals surface area contributed by atoms with E-state index in [2.05, 4.69) is 31.9 Å². The Morgan fingerprint density at radius 2 is 0.743 bits per heavy atom. The van der Waals surface area contributed by atoms with Crippen LogP contribution in [-0.4, -0.2) is 0 Å². The van der Waals surface area contributed by atoms with E-state index in [1.807, 2.05) is 0 Å². The standard InChI is InChI=1S/C24H10Br2Cl6O3/c25-13-7-21(33-19-3-1-11(27)5-17(19)31)23(9-15(13)29)35-24-10-16(30)14(26)8-22(24)34-20-4-2-12(28)6-18(20)32/h1-10H. The molecule has 0 bridgehead atoms. The minimum absolute atomic E-state index is 0.273. The first-order chi connectivity index (χ1) is 16.6. The van der Waals surface area contributed by atoms with Gasteiger partial charge in [0.2, 0.25) is 0 Å². The van der Waals surface area contributed by atoms with Crippen molar-refractivity contribution in [1.82, 2.24) is 0 Å². The van der Waals surface area contributed by atoms with Gasteiger partial charge in [-0.1, -0.05) is 69.6 Å². The first-order valence-electron chi connectivity index (χ1n) is 9.52. The minimum Gasteiger partial charge on any atom is -0.452 e. The van der Waals surface area contributed by atoms with Crippen LogP contribution in [0.25, 0.3) is 0 Å². The molecule has 0 N–H and O–H groups in total. The number of benzene rings is 4. The molecule has 0 unspecified atom stereocenters. The van der Waals surface area contributed by atoms with E-state index < -0.39 is 0 Å². The van der Waals surface area contributed by atoms with Gasteiger partial charge in [0.05, 0.1) is 20.1 Å². The number of hydrogen-bond acceptors (Lipinski definition) is 3. The van der Waals surface area contributed by atoms with Gasteiger partial charge in [-0.15, -0.1) is 0 Å². The lowest BCUT2D eigenvalue weighted by atomic mass is 10.2. The van der Waals surface area contributed by atoms with Crippen LogP contribution in [0.2, 0.25) is 30.1 Å². The molecule has 4 aromatic rings. The molecule has 0 aromatic heterocycles. The lowest BCUT2D eigenvalue weighted by Gasteiger charge is -2.17. The van der Waals surface area contributed by atoms with E-state index in [-0.39, 0.29) is 11.5 Å². The summed E-state index contributed by atoms with van der Waals surface area (Å²) >= 11 is 44.1. The predicted octanol–water partition coefficient (Wildman–Crippen LogP) is 12.5. The van der Waals surface area contributed by atoms with Crippen LogP contribution in [0.3, 0.4) is 0 Å². The van der Waals surface area contributed by atoms with Crippen LogP contribution in [0.4, 0.5) is 0 Å². The van der Waals surface area contributed by atoms with Crippen molar-refractivity contribution >= 4 is 101 Å². The molecule has 0 fully saturated rings. The molecule has 4 aromatic carbocycles. The molecule has 0 spiro atoms. The highest BCUT2D eigenvalue weighted by Crippen LogP contribution is 2.47. The molecule has 3 nitrogen and oxygen atoms in total. The quantitative estimate of drug-likeness (QED) is 0.199. The summed E-state index contributed by atoms with van der Waals surface area (Å²) in [6.07, 6.45) is 0. The average molecular weight is 719 g/mol. The molecule has 0 saturated carbocycles. The average Bonchev–Trinajstić information content (AvgIpc) is 2.78. The molecule has 0 aliphatic rings. The van der Waals surface area contributed by atoms with Crippen molar-refractivity contribution in [1.29, 1.82) is 0 Å². The van der Waals surface area contributed by atoms with Crippen LogP contribution in [0, 0.1) is 0 Å². The van der Waals surface area contributed by atoms with Crippen LogP contribution in [0.5, 0.6) is 34.5 Å². The van der Waals surface area contributed by atoms with E-state index >= 15 is 0 Å². The number of hydrogen-bond donors (Lipinski definition) is 0. The molecule has 11 heteroatoms. The van der Waals surface area contributed by atoms with Gasteiger partial charge in [-0.05, 0) is 68.3 Å². The highest BCUT2D eigenvalue weighted by Gasteiger charge is 2.18. The highest BCUT2D eigenvalue weighted by atomic mass is 79.9. The molecule has 4 rings (SSSR count). The van der Waals surface area contributed by atoms with Crippen LogP contribution in [-0.2, 0) is 0 Å². The van der Waals surface area contributed by atoms with Gasteiger partial charge < -0.3 is 14.2 Å². The highest BCUT2D eigenvalue weighted by molar-refractivity contribution is 9.10.